The molecule has 1 N–H and O–H groups in total. The number of ether oxygens (including phenoxy) is 2. The number of hydrogen-bond acceptors (Lipinski definition) is 5. The van der Waals surface area contributed by atoms with Gasteiger partial charge in [0.05, 0.1) is 12.7 Å². The van der Waals surface area contributed by atoms with Crippen LogP contribution in [0, 0.1) is 6.92 Å². The van der Waals surface area contributed by atoms with Crippen LogP contribution in [0.2, 0.25) is 0 Å². The molecule has 0 aliphatic carbocycles. The topological polar surface area (TPSA) is 88.7 Å². The molecular weight excluding hydrogens is 300 g/mol. The molecule has 1 aliphatic rings. The zero-order valence-corrected chi connectivity index (χ0v) is 13.7. The molecule has 0 spiro atoms. The van der Waals surface area contributed by atoms with Crippen LogP contribution in [0.1, 0.15) is 51.9 Å². The highest BCUT2D eigenvalue weighted by atomic mass is 16.5. The summed E-state index contributed by atoms with van der Waals surface area (Å²) in [5.74, 6) is -1.33. The molecule has 2 heterocycles. The molecule has 7 heteroatoms. The number of methoxy groups -OCH3 is 1. The Bertz CT molecular complexity index is 614. The van der Waals surface area contributed by atoms with Crippen LogP contribution in [-0.2, 0) is 20.7 Å². The van der Waals surface area contributed by atoms with Gasteiger partial charge in [-0.05, 0) is 31.7 Å². The van der Waals surface area contributed by atoms with Gasteiger partial charge in [0.25, 0.3) is 5.91 Å². The molecular formula is C16H22N2O5. The number of carbonyl (C=O) groups is 3. The van der Waals surface area contributed by atoms with Gasteiger partial charge in [0.2, 0.25) is 0 Å². The largest absolute Gasteiger partial charge is 0.465 e. The summed E-state index contributed by atoms with van der Waals surface area (Å²) in [6, 6.07) is 0. The van der Waals surface area contributed by atoms with E-state index in [1.165, 1.54) is 7.11 Å². The molecule has 0 unspecified atom stereocenters. The van der Waals surface area contributed by atoms with Crippen molar-refractivity contribution in [2.45, 2.75) is 33.1 Å². The quantitative estimate of drug-likeness (QED) is 0.829. The van der Waals surface area contributed by atoms with Crippen molar-refractivity contribution in [2.75, 3.05) is 26.8 Å². The smallest absolute Gasteiger partial charge is 0.355 e. The van der Waals surface area contributed by atoms with Gasteiger partial charge in [0.1, 0.15) is 5.69 Å². The maximum absolute atomic E-state index is 12.2. The fourth-order valence-corrected chi connectivity index (χ4v) is 2.76. The molecule has 0 saturated carbocycles. The summed E-state index contributed by atoms with van der Waals surface area (Å²) in [4.78, 5) is 40.5. The van der Waals surface area contributed by atoms with E-state index in [0.717, 1.165) is 12.8 Å². The van der Waals surface area contributed by atoms with Crippen LogP contribution >= 0.6 is 0 Å². The van der Waals surface area contributed by atoms with Crippen molar-refractivity contribution in [2.24, 2.45) is 0 Å². The number of esters is 2. The fraction of sp³-hybridized carbons (Fsp3) is 0.562. The molecule has 0 radical (unpaired) electrons. The standard InChI is InChI=1S/C16H22N2O5/c1-4-11-13(15(20)22-3)10(2)14(17-11)16(21)23-9-12(19)18-7-5-6-8-18/h17H,4-9H2,1-3H3. The molecule has 0 atom stereocenters. The van der Waals surface area contributed by atoms with Crippen molar-refractivity contribution in [3.63, 3.8) is 0 Å². The molecule has 2 rings (SSSR count). The maximum atomic E-state index is 12.2. The van der Waals surface area contributed by atoms with Gasteiger partial charge < -0.3 is 19.4 Å². The Morgan fingerprint density at radius 1 is 1.17 bits per heavy atom. The van der Waals surface area contributed by atoms with Gasteiger partial charge in [0.15, 0.2) is 6.61 Å². The molecule has 7 nitrogen and oxygen atoms in total. The van der Waals surface area contributed by atoms with Gasteiger partial charge in [-0.15, -0.1) is 0 Å². The highest BCUT2D eigenvalue weighted by molar-refractivity contribution is 5.99. The Labute approximate surface area is 134 Å². The van der Waals surface area contributed by atoms with E-state index >= 15 is 0 Å². The van der Waals surface area contributed by atoms with Gasteiger partial charge in [-0.1, -0.05) is 6.92 Å². The third-order valence-electron chi connectivity index (χ3n) is 4.06. The predicted octanol–water partition coefficient (Wildman–Crippen LogP) is 1.45. The Morgan fingerprint density at radius 2 is 1.83 bits per heavy atom. The summed E-state index contributed by atoms with van der Waals surface area (Å²) >= 11 is 0. The van der Waals surface area contributed by atoms with E-state index in [9.17, 15) is 14.4 Å². The number of hydrogen-bond donors (Lipinski definition) is 1. The van der Waals surface area contributed by atoms with Crippen molar-refractivity contribution in [3.05, 3.63) is 22.5 Å². The Hall–Kier alpha value is -2.31. The zero-order chi connectivity index (χ0) is 17.0. The first-order valence-corrected chi connectivity index (χ1v) is 7.74. The average molecular weight is 322 g/mol. The first kappa shape index (κ1) is 17.1. The van der Waals surface area contributed by atoms with E-state index in [2.05, 4.69) is 4.98 Å². The molecule has 1 fully saturated rings. The average Bonchev–Trinajstić information content (AvgIpc) is 3.19. The molecule has 126 valence electrons. The molecule has 1 amide bonds. The summed E-state index contributed by atoms with van der Waals surface area (Å²) in [7, 11) is 1.29. The SMILES string of the molecule is CCc1[nH]c(C(=O)OCC(=O)N2CCCC2)c(C)c1C(=O)OC. The van der Waals surface area contributed by atoms with Crippen molar-refractivity contribution in [1.29, 1.82) is 0 Å². The van der Waals surface area contributed by atoms with Crippen LogP contribution in [0.25, 0.3) is 0 Å². The summed E-state index contributed by atoms with van der Waals surface area (Å²) in [5.41, 5.74) is 1.64. The van der Waals surface area contributed by atoms with E-state index in [1.807, 2.05) is 6.92 Å². The molecule has 1 aliphatic heterocycles. The molecule has 1 saturated heterocycles. The van der Waals surface area contributed by atoms with Crippen molar-refractivity contribution in [1.82, 2.24) is 9.88 Å². The molecule has 1 aromatic rings. The third-order valence-corrected chi connectivity index (χ3v) is 4.06. The number of aromatic amines is 1. The Balaban J connectivity index is 2.08. The highest BCUT2D eigenvalue weighted by Gasteiger charge is 2.25. The van der Waals surface area contributed by atoms with E-state index < -0.39 is 11.9 Å². The molecule has 23 heavy (non-hydrogen) atoms. The summed E-state index contributed by atoms with van der Waals surface area (Å²) in [5, 5.41) is 0. The summed E-state index contributed by atoms with van der Waals surface area (Å²) < 4.78 is 9.84. The van der Waals surface area contributed by atoms with Crippen molar-refractivity contribution in [3.8, 4) is 0 Å². The predicted molar refractivity (Wildman–Crippen MR) is 82.3 cm³/mol. The summed E-state index contributed by atoms with van der Waals surface area (Å²) in [6.45, 7) is 4.66. The Kier molecular flexibility index (Phi) is 5.41. The van der Waals surface area contributed by atoms with Crippen LogP contribution in [0.4, 0.5) is 0 Å². The molecule has 0 bridgehead atoms. The van der Waals surface area contributed by atoms with Crippen molar-refractivity contribution >= 4 is 17.8 Å². The monoisotopic (exact) mass is 322 g/mol. The van der Waals surface area contributed by atoms with E-state index in [0.29, 0.717) is 36.3 Å². The van der Waals surface area contributed by atoms with Gasteiger partial charge in [0, 0.05) is 18.8 Å². The lowest BCUT2D eigenvalue weighted by atomic mass is 10.1. The minimum atomic E-state index is -0.639. The Morgan fingerprint density at radius 3 is 2.39 bits per heavy atom. The van der Waals surface area contributed by atoms with Gasteiger partial charge in [-0.25, -0.2) is 9.59 Å². The number of amides is 1. The maximum Gasteiger partial charge on any atom is 0.355 e. The van der Waals surface area contributed by atoms with Crippen LogP contribution < -0.4 is 0 Å². The first-order valence-electron chi connectivity index (χ1n) is 7.74. The van der Waals surface area contributed by atoms with Crippen LogP contribution in [0.5, 0.6) is 0 Å². The van der Waals surface area contributed by atoms with Gasteiger partial charge >= 0.3 is 11.9 Å². The molecule has 0 aromatic carbocycles. The summed E-state index contributed by atoms with van der Waals surface area (Å²) in [6.07, 6.45) is 2.51. The number of aromatic nitrogens is 1. The number of nitrogens with zero attached hydrogens (tertiary/aromatic N) is 1. The lowest BCUT2D eigenvalue weighted by Crippen LogP contribution is -2.32. The van der Waals surface area contributed by atoms with E-state index in [1.54, 1.807) is 11.8 Å². The normalized spacial score (nSPS) is 14.0. The van der Waals surface area contributed by atoms with Crippen LogP contribution in [0.15, 0.2) is 0 Å². The number of aryl methyl sites for hydroxylation is 1. The van der Waals surface area contributed by atoms with E-state index in [4.69, 9.17) is 9.47 Å². The second-order valence-electron chi connectivity index (χ2n) is 5.49. The fourth-order valence-electron chi connectivity index (χ4n) is 2.76. The van der Waals surface area contributed by atoms with Crippen molar-refractivity contribution < 1.29 is 23.9 Å². The van der Waals surface area contributed by atoms with Gasteiger partial charge in [-0.3, -0.25) is 4.79 Å². The first-order chi connectivity index (χ1) is 11.0. The minimum Gasteiger partial charge on any atom is -0.465 e. The second-order valence-corrected chi connectivity index (χ2v) is 5.49. The number of likely N-dealkylation sites (tertiary alicyclic amines) is 1. The number of H-pyrrole nitrogens is 1. The van der Waals surface area contributed by atoms with Crippen LogP contribution in [0.3, 0.4) is 0 Å². The number of rotatable bonds is 5. The van der Waals surface area contributed by atoms with E-state index in [-0.39, 0.29) is 18.2 Å². The minimum absolute atomic E-state index is 0.191. The zero-order valence-electron chi connectivity index (χ0n) is 13.7. The van der Waals surface area contributed by atoms with Gasteiger partial charge in [-0.2, -0.15) is 0 Å². The number of nitrogens with one attached hydrogen (secondary N) is 1. The lowest BCUT2D eigenvalue weighted by molar-refractivity contribution is -0.133. The highest BCUT2D eigenvalue weighted by Crippen LogP contribution is 2.21. The second kappa shape index (κ2) is 7.30. The lowest BCUT2D eigenvalue weighted by Gasteiger charge is -2.14. The number of carbonyl (C=O) groups excluding carboxylic acids is 3. The van der Waals surface area contributed by atoms with Crippen LogP contribution in [-0.4, -0.2) is 54.5 Å². The third kappa shape index (κ3) is 3.55. The molecule has 1 aromatic heterocycles.